The molecule has 0 aliphatic heterocycles. The number of hydrogen-bond acceptors (Lipinski definition) is 2. The molecule has 1 aromatic carbocycles. The van der Waals surface area contributed by atoms with E-state index in [1.807, 2.05) is 39.0 Å². The van der Waals surface area contributed by atoms with Gasteiger partial charge in [0.05, 0.1) is 6.07 Å². The topological polar surface area (TPSA) is 40.9 Å². The first-order valence-corrected chi connectivity index (χ1v) is 5.46. The van der Waals surface area contributed by atoms with E-state index in [0.717, 1.165) is 16.7 Å². The van der Waals surface area contributed by atoms with Gasteiger partial charge in [0.25, 0.3) is 0 Å². The number of carbonyl (C=O) groups excluding carboxylic acids is 1. The van der Waals surface area contributed by atoms with Crippen molar-refractivity contribution in [2.75, 3.05) is 0 Å². The Kier molecular flexibility index (Phi) is 3.84. The van der Waals surface area contributed by atoms with E-state index in [4.69, 9.17) is 5.26 Å². The zero-order chi connectivity index (χ0) is 12.3. The van der Waals surface area contributed by atoms with Gasteiger partial charge in [-0.25, -0.2) is 0 Å². The fraction of sp³-hybridized carbons (Fsp3) is 0.429. The lowest BCUT2D eigenvalue weighted by Crippen LogP contribution is -2.12. The number of ketones is 1. The molecule has 0 saturated heterocycles. The van der Waals surface area contributed by atoms with Gasteiger partial charge in [-0.2, -0.15) is 5.26 Å². The Bertz CT molecular complexity index is 455. The normalized spacial score (nSPS) is 11.9. The number of nitrogens with zero attached hydrogens (tertiary/aromatic N) is 1. The maximum Gasteiger partial charge on any atom is 0.166 e. The van der Waals surface area contributed by atoms with Gasteiger partial charge in [0.2, 0.25) is 0 Å². The van der Waals surface area contributed by atoms with Crippen molar-refractivity contribution in [2.24, 2.45) is 5.92 Å². The molecule has 1 unspecified atom stereocenters. The van der Waals surface area contributed by atoms with E-state index >= 15 is 0 Å². The average Bonchev–Trinajstić information content (AvgIpc) is 2.23. The third-order valence-corrected chi connectivity index (χ3v) is 2.95. The summed E-state index contributed by atoms with van der Waals surface area (Å²) >= 11 is 0. The lowest BCUT2D eigenvalue weighted by Gasteiger charge is -2.11. The van der Waals surface area contributed by atoms with E-state index in [1.165, 1.54) is 5.56 Å². The number of hydrogen-bond donors (Lipinski definition) is 0. The molecular formula is C14H17NO. The van der Waals surface area contributed by atoms with Crippen molar-refractivity contribution in [3.63, 3.8) is 0 Å². The zero-order valence-corrected chi connectivity index (χ0v) is 10.3. The molecule has 2 nitrogen and oxygen atoms in total. The maximum atomic E-state index is 12.1. The first kappa shape index (κ1) is 12.4. The van der Waals surface area contributed by atoms with Crippen LogP contribution in [0.4, 0.5) is 0 Å². The molecule has 16 heavy (non-hydrogen) atoms. The summed E-state index contributed by atoms with van der Waals surface area (Å²) in [6.45, 7) is 7.79. The smallest absolute Gasteiger partial charge is 0.166 e. The van der Waals surface area contributed by atoms with Crippen LogP contribution in [0.1, 0.15) is 40.4 Å². The Morgan fingerprint density at radius 3 is 2.38 bits per heavy atom. The standard InChI is InChI=1S/C14H17NO/c1-9(5-6-15)14(16)13-8-11(3)10(2)7-12(13)4/h7-9H,5H2,1-4H3. The van der Waals surface area contributed by atoms with Gasteiger partial charge in [-0.3, -0.25) is 4.79 Å². The van der Waals surface area contributed by atoms with Crippen molar-refractivity contribution < 1.29 is 4.79 Å². The van der Waals surface area contributed by atoms with Crippen LogP contribution in [0.25, 0.3) is 0 Å². The van der Waals surface area contributed by atoms with Crippen LogP contribution in [0.3, 0.4) is 0 Å². The predicted molar refractivity (Wildman–Crippen MR) is 64.4 cm³/mol. The van der Waals surface area contributed by atoms with Crippen molar-refractivity contribution in [2.45, 2.75) is 34.1 Å². The molecule has 0 spiro atoms. The largest absolute Gasteiger partial charge is 0.294 e. The van der Waals surface area contributed by atoms with Crippen LogP contribution < -0.4 is 0 Å². The van der Waals surface area contributed by atoms with Crippen LogP contribution in [-0.2, 0) is 0 Å². The fourth-order valence-electron chi connectivity index (χ4n) is 1.72. The highest BCUT2D eigenvalue weighted by molar-refractivity contribution is 5.99. The lowest BCUT2D eigenvalue weighted by atomic mass is 9.91. The SMILES string of the molecule is Cc1cc(C)c(C(=O)C(C)CC#N)cc1C. The van der Waals surface area contributed by atoms with Crippen LogP contribution in [0.15, 0.2) is 12.1 Å². The first-order valence-electron chi connectivity index (χ1n) is 5.46. The Labute approximate surface area is 96.9 Å². The second kappa shape index (κ2) is 4.94. The van der Waals surface area contributed by atoms with E-state index < -0.39 is 0 Å². The minimum Gasteiger partial charge on any atom is -0.294 e. The van der Waals surface area contributed by atoms with Crippen LogP contribution in [0, 0.1) is 38.0 Å². The van der Waals surface area contributed by atoms with Crippen molar-refractivity contribution in [3.8, 4) is 6.07 Å². The molecule has 0 aliphatic carbocycles. The summed E-state index contributed by atoms with van der Waals surface area (Å²) in [5.74, 6) is -0.145. The number of benzene rings is 1. The van der Waals surface area contributed by atoms with Gasteiger partial charge < -0.3 is 0 Å². The van der Waals surface area contributed by atoms with Gasteiger partial charge in [-0.05, 0) is 43.5 Å². The molecule has 1 aromatic rings. The molecule has 0 aliphatic rings. The number of rotatable bonds is 3. The molecule has 0 N–H and O–H groups in total. The second-order valence-corrected chi connectivity index (χ2v) is 4.38. The minimum atomic E-state index is -0.217. The van der Waals surface area contributed by atoms with E-state index in [0.29, 0.717) is 0 Å². The summed E-state index contributed by atoms with van der Waals surface area (Å²) in [5.41, 5.74) is 4.07. The van der Waals surface area contributed by atoms with E-state index in [9.17, 15) is 4.79 Å². The van der Waals surface area contributed by atoms with E-state index in [1.54, 1.807) is 6.92 Å². The summed E-state index contributed by atoms with van der Waals surface area (Å²) in [7, 11) is 0. The molecule has 0 radical (unpaired) electrons. The zero-order valence-electron chi connectivity index (χ0n) is 10.3. The summed E-state index contributed by atoms with van der Waals surface area (Å²) in [6, 6.07) is 6.00. The summed E-state index contributed by atoms with van der Waals surface area (Å²) in [6.07, 6.45) is 0.283. The van der Waals surface area contributed by atoms with Gasteiger partial charge in [0.1, 0.15) is 0 Å². The Morgan fingerprint density at radius 2 is 1.81 bits per heavy atom. The molecule has 0 saturated carbocycles. The number of aryl methyl sites for hydroxylation is 3. The third kappa shape index (κ3) is 2.49. The molecular weight excluding hydrogens is 198 g/mol. The highest BCUT2D eigenvalue weighted by Gasteiger charge is 2.17. The van der Waals surface area contributed by atoms with Crippen LogP contribution >= 0.6 is 0 Å². The van der Waals surface area contributed by atoms with Crippen LogP contribution in [0.2, 0.25) is 0 Å². The van der Waals surface area contributed by atoms with Gasteiger partial charge in [0, 0.05) is 17.9 Å². The molecule has 0 aromatic heterocycles. The van der Waals surface area contributed by atoms with Crippen LogP contribution in [0.5, 0.6) is 0 Å². The maximum absolute atomic E-state index is 12.1. The van der Waals surface area contributed by atoms with Crippen molar-refractivity contribution in [1.29, 1.82) is 5.26 Å². The molecule has 0 heterocycles. The number of Topliss-reactive ketones (excluding diaryl/α,β-unsaturated/α-hetero) is 1. The molecule has 0 amide bonds. The molecule has 2 heteroatoms. The van der Waals surface area contributed by atoms with Crippen molar-refractivity contribution >= 4 is 5.78 Å². The lowest BCUT2D eigenvalue weighted by molar-refractivity contribution is 0.0931. The van der Waals surface area contributed by atoms with E-state index in [-0.39, 0.29) is 18.1 Å². The van der Waals surface area contributed by atoms with Crippen LogP contribution in [-0.4, -0.2) is 5.78 Å². The Hall–Kier alpha value is -1.62. The Morgan fingerprint density at radius 1 is 1.25 bits per heavy atom. The van der Waals surface area contributed by atoms with E-state index in [2.05, 4.69) is 0 Å². The summed E-state index contributed by atoms with van der Waals surface area (Å²) in [4.78, 5) is 12.1. The average molecular weight is 215 g/mol. The highest BCUT2D eigenvalue weighted by atomic mass is 16.1. The predicted octanol–water partition coefficient (Wildman–Crippen LogP) is 3.34. The fourth-order valence-corrected chi connectivity index (χ4v) is 1.72. The Balaban J connectivity index is 3.10. The number of nitriles is 1. The molecule has 0 bridgehead atoms. The molecule has 0 fully saturated rings. The molecule has 84 valence electrons. The first-order chi connectivity index (χ1) is 7.47. The van der Waals surface area contributed by atoms with Gasteiger partial charge in [-0.1, -0.05) is 13.0 Å². The highest BCUT2D eigenvalue weighted by Crippen LogP contribution is 2.19. The number of carbonyl (C=O) groups is 1. The second-order valence-electron chi connectivity index (χ2n) is 4.38. The molecule has 1 rings (SSSR count). The quantitative estimate of drug-likeness (QED) is 0.725. The minimum absolute atomic E-state index is 0.0714. The van der Waals surface area contributed by atoms with Gasteiger partial charge >= 0.3 is 0 Å². The summed E-state index contributed by atoms with van der Waals surface area (Å²) in [5, 5.41) is 8.60. The summed E-state index contributed by atoms with van der Waals surface area (Å²) < 4.78 is 0. The molecule has 1 atom stereocenters. The van der Waals surface area contributed by atoms with Gasteiger partial charge in [0.15, 0.2) is 5.78 Å². The van der Waals surface area contributed by atoms with Gasteiger partial charge in [-0.15, -0.1) is 0 Å². The van der Waals surface area contributed by atoms with Crippen molar-refractivity contribution in [3.05, 3.63) is 34.4 Å². The third-order valence-electron chi connectivity index (χ3n) is 2.95. The van der Waals surface area contributed by atoms with Crippen molar-refractivity contribution in [1.82, 2.24) is 0 Å². The monoisotopic (exact) mass is 215 g/mol.